The van der Waals surface area contributed by atoms with Gasteiger partial charge in [-0.3, -0.25) is 0 Å². The van der Waals surface area contributed by atoms with Gasteiger partial charge in [0.15, 0.2) is 0 Å². The molecule has 0 aromatic heterocycles. The lowest BCUT2D eigenvalue weighted by molar-refractivity contribution is 1.14. The second kappa shape index (κ2) is 16.5. The van der Waals surface area contributed by atoms with Crippen molar-refractivity contribution < 1.29 is 0 Å². The molecule has 0 aliphatic rings. The van der Waals surface area contributed by atoms with E-state index in [1.54, 1.807) is 0 Å². The number of nitrogens with zero attached hydrogens (tertiary/aromatic N) is 2. The van der Waals surface area contributed by atoms with Gasteiger partial charge in [-0.15, -0.1) is 0 Å². The third-order valence-electron chi connectivity index (χ3n) is 12.8. The molecule has 0 N–H and O–H groups in total. The van der Waals surface area contributed by atoms with Gasteiger partial charge in [-0.05, 0) is 207 Å². The minimum Gasteiger partial charge on any atom is -0.310 e. The monoisotopic (exact) mass is 780 g/mol. The number of benzene rings is 8. The molecule has 0 aliphatic heterocycles. The first-order chi connectivity index (χ1) is 28.9. The standard InChI is InChI=1S/C58H56N2/c1-37-21-17-29-51(33-37)59(53-31-19-27-49(35-53)47-23-13-11-14-24-47)57-43(7)39(3)55(40(4)44(57)8)56-41(5)45(9)58(46(10)42(56)6)60(52-30-18-22-38(2)34-52)54-32-20-28-50(36-54)48-25-15-12-16-26-48/h11-36H,1-10H3. The van der Waals surface area contributed by atoms with Crippen LogP contribution < -0.4 is 9.80 Å². The first-order valence-corrected chi connectivity index (χ1v) is 21.2. The summed E-state index contributed by atoms with van der Waals surface area (Å²) in [6, 6.07) is 57.2. The van der Waals surface area contributed by atoms with E-state index in [2.05, 4.69) is 237 Å². The molecule has 0 heterocycles. The van der Waals surface area contributed by atoms with E-state index in [9.17, 15) is 0 Å². The molecular formula is C58H56N2. The molecule has 8 aromatic rings. The maximum Gasteiger partial charge on any atom is 0.0525 e. The van der Waals surface area contributed by atoms with E-state index >= 15 is 0 Å². The molecule has 0 aliphatic carbocycles. The van der Waals surface area contributed by atoms with E-state index in [0.29, 0.717) is 0 Å². The minimum atomic E-state index is 1.15. The van der Waals surface area contributed by atoms with Crippen LogP contribution >= 0.6 is 0 Å². The lowest BCUT2D eigenvalue weighted by Crippen LogP contribution is -2.17. The van der Waals surface area contributed by atoms with E-state index < -0.39 is 0 Å². The van der Waals surface area contributed by atoms with E-state index in [4.69, 9.17) is 0 Å². The van der Waals surface area contributed by atoms with Crippen molar-refractivity contribution in [2.45, 2.75) is 69.2 Å². The molecule has 2 heteroatoms. The highest BCUT2D eigenvalue weighted by atomic mass is 15.2. The third-order valence-corrected chi connectivity index (χ3v) is 12.8. The first-order valence-electron chi connectivity index (χ1n) is 21.2. The fraction of sp³-hybridized carbons (Fsp3) is 0.172. The zero-order chi connectivity index (χ0) is 42.2. The highest BCUT2D eigenvalue weighted by Crippen LogP contribution is 2.50. The summed E-state index contributed by atoms with van der Waals surface area (Å²) in [7, 11) is 0. The molecule has 0 atom stereocenters. The van der Waals surface area contributed by atoms with Gasteiger partial charge in [0.25, 0.3) is 0 Å². The molecule has 0 saturated heterocycles. The molecule has 0 saturated carbocycles. The molecule has 0 amide bonds. The van der Waals surface area contributed by atoms with Crippen molar-refractivity contribution in [2.24, 2.45) is 0 Å². The van der Waals surface area contributed by atoms with Crippen molar-refractivity contribution >= 4 is 34.1 Å². The summed E-state index contributed by atoms with van der Waals surface area (Å²) in [5.74, 6) is 0. The molecule has 8 rings (SSSR count). The molecule has 60 heavy (non-hydrogen) atoms. The number of aryl methyl sites for hydroxylation is 2. The van der Waals surface area contributed by atoms with Crippen LogP contribution in [-0.4, -0.2) is 0 Å². The van der Waals surface area contributed by atoms with Gasteiger partial charge in [0.1, 0.15) is 0 Å². The number of hydrogen-bond donors (Lipinski definition) is 0. The maximum absolute atomic E-state index is 2.48. The quantitative estimate of drug-likeness (QED) is 0.144. The van der Waals surface area contributed by atoms with Crippen molar-refractivity contribution in [1.82, 2.24) is 0 Å². The van der Waals surface area contributed by atoms with E-state index in [1.807, 2.05) is 0 Å². The Morgan fingerprint density at radius 3 is 0.850 bits per heavy atom. The van der Waals surface area contributed by atoms with Crippen LogP contribution in [-0.2, 0) is 0 Å². The highest BCUT2D eigenvalue weighted by Gasteiger charge is 2.28. The Morgan fingerprint density at radius 2 is 0.533 bits per heavy atom. The van der Waals surface area contributed by atoms with Crippen LogP contribution in [0.1, 0.15) is 55.6 Å². The fourth-order valence-electron chi connectivity index (χ4n) is 9.27. The van der Waals surface area contributed by atoms with Gasteiger partial charge < -0.3 is 9.80 Å². The Morgan fingerprint density at radius 1 is 0.250 bits per heavy atom. The van der Waals surface area contributed by atoms with Gasteiger partial charge in [-0.25, -0.2) is 0 Å². The Balaban J connectivity index is 1.32. The maximum atomic E-state index is 2.48. The van der Waals surface area contributed by atoms with Crippen molar-refractivity contribution in [3.05, 3.63) is 213 Å². The highest BCUT2D eigenvalue weighted by molar-refractivity contribution is 5.93. The first kappa shape index (κ1) is 40.2. The number of rotatable bonds is 9. The van der Waals surface area contributed by atoms with Crippen LogP contribution in [0.4, 0.5) is 34.1 Å². The van der Waals surface area contributed by atoms with Crippen LogP contribution in [0, 0.1) is 69.2 Å². The van der Waals surface area contributed by atoms with Gasteiger partial charge in [0.05, 0.1) is 11.4 Å². The van der Waals surface area contributed by atoms with Gasteiger partial charge >= 0.3 is 0 Å². The zero-order valence-corrected chi connectivity index (χ0v) is 36.9. The van der Waals surface area contributed by atoms with Gasteiger partial charge in [-0.2, -0.15) is 0 Å². The predicted molar refractivity (Wildman–Crippen MR) is 259 cm³/mol. The van der Waals surface area contributed by atoms with Crippen LogP contribution in [0.2, 0.25) is 0 Å². The van der Waals surface area contributed by atoms with Crippen molar-refractivity contribution in [3.63, 3.8) is 0 Å². The SMILES string of the molecule is Cc1cccc(N(c2cccc(-c3ccccc3)c2)c2c(C)c(C)c(-c3c(C)c(C)c(N(c4cccc(C)c4)c4cccc(-c5ccccc5)c4)c(C)c3C)c(C)c2C)c1. The van der Waals surface area contributed by atoms with Crippen LogP contribution in [0.15, 0.2) is 158 Å². The fourth-order valence-corrected chi connectivity index (χ4v) is 9.27. The Labute approximate surface area is 358 Å². The molecular weight excluding hydrogens is 725 g/mol. The molecule has 0 bridgehead atoms. The molecule has 298 valence electrons. The number of anilines is 6. The second-order valence-electron chi connectivity index (χ2n) is 16.6. The van der Waals surface area contributed by atoms with Crippen molar-refractivity contribution in [3.8, 4) is 33.4 Å². The molecule has 0 unspecified atom stereocenters. The normalized spacial score (nSPS) is 11.2. The average molecular weight is 781 g/mol. The minimum absolute atomic E-state index is 1.15. The van der Waals surface area contributed by atoms with Gasteiger partial charge in [0.2, 0.25) is 0 Å². The topological polar surface area (TPSA) is 6.48 Å². The lowest BCUT2D eigenvalue weighted by atomic mass is 9.81. The lowest BCUT2D eigenvalue weighted by Gasteiger charge is -2.34. The molecule has 0 fully saturated rings. The largest absolute Gasteiger partial charge is 0.310 e. The summed E-state index contributed by atoms with van der Waals surface area (Å²) in [5, 5.41) is 0. The van der Waals surface area contributed by atoms with E-state index in [1.165, 1.54) is 100 Å². The van der Waals surface area contributed by atoms with Crippen molar-refractivity contribution in [1.29, 1.82) is 0 Å². The Bertz CT molecular complexity index is 2610. The average Bonchev–Trinajstić information content (AvgIpc) is 3.27. The van der Waals surface area contributed by atoms with E-state index in [0.717, 1.165) is 22.7 Å². The van der Waals surface area contributed by atoms with Crippen LogP contribution in [0.25, 0.3) is 33.4 Å². The summed E-state index contributed by atoms with van der Waals surface area (Å²) >= 11 is 0. The van der Waals surface area contributed by atoms with Crippen LogP contribution in [0.5, 0.6) is 0 Å². The second-order valence-corrected chi connectivity index (χ2v) is 16.6. The molecule has 2 nitrogen and oxygen atoms in total. The summed E-state index contributed by atoms with van der Waals surface area (Å²) in [4.78, 5) is 4.97. The smallest absolute Gasteiger partial charge is 0.0525 e. The van der Waals surface area contributed by atoms with Gasteiger partial charge in [0, 0.05) is 22.7 Å². The summed E-state index contributed by atoms with van der Waals surface area (Å²) < 4.78 is 0. The van der Waals surface area contributed by atoms with E-state index in [-0.39, 0.29) is 0 Å². The Kier molecular flexibility index (Phi) is 11.1. The molecule has 0 radical (unpaired) electrons. The number of hydrogen-bond acceptors (Lipinski definition) is 2. The molecule has 8 aromatic carbocycles. The summed E-state index contributed by atoms with van der Waals surface area (Å²) in [5.41, 5.74) is 27.5. The predicted octanol–water partition coefficient (Wildman–Crippen LogP) is 16.7. The summed E-state index contributed by atoms with van der Waals surface area (Å²) in [6.45, 7) is 23.0. The van der Waals surface area contributed by atoms with Crippen LogP contribution in [0.3, 0.4) is 0 Å². The molecule has 0 spiro atoms. The van der Waals surface area contributed by atoms with Crippen molar-refractivity contribution in [2.75, 3.05) is 9.80 Å². The zero-order valence-electron chi connectivity index (χ0n) is 36.9. The third kappa shape index (κ3) is 7.32. The Hall–Kier alpha value is -6.64. The summed E-state index contributed by atoms with van der Waals surface area (Å²) in [6.07, 6.45) is 0. The van der Waals surface area contributed by atoms with Gasteiger partial charge in [-0.1, -0.05) is 109 Å².